The Labute approximate surface area is 118 Å². The highest BCUT2D eigenvalue weighted by Crippen LogP contribution is 2.37. The second-order valence-electron chi connectivity index (χ2n) is 4.13. The maximum absolute atomic E-state index is 13.0. The Bertz CT molecular complexity index is 628. The molecule has 0 atom stereocenters. The molecule has 0 saturated carbocycles. The molecule has 0 aliphatic rings. The smallest absolute Gasteiger partial charge is 0.421 e. The van der Waals surface area contributed by atoms with Crippen LogP contribution >= 0.6 is 0 Å². The van der Waals surface area contributed by atoms with E-state index >= 15 is 0 Å². The van der Waals surface area contributed by atoms with Crippen LogP contribution in [0.5, 0.6) is 6.01 Å². The highest BCUT2D eigenvalue weighted by atomic mass is 19.4. The minimum atomic E-state index is -4.62. The summed E-state index contributed by atoms with van der Waals surface area (Å²) in [4.78, 5) is 8.40. The Morgan fingerprint density at radius 3 is 2.29 bits per heavy atom. The first-order valence-corrected chi connectivity index (χ1v) is 5.80. The van der Waals surface area contributed by atoms with E-state index in [9.17, 15) is 17.6 Å². The molecule has 4 nitrogen and oxygen atoms in total. The van der Waals surface area contributed by atoms with Gasteiger partial charge in [-0.2, -0.15) is 18.2 Å². The van der Waals surface area contributed by atoms with Crippen LogP contribution in [0.15, 0.2) is 30.5 Å². The number of anilines is 2. The molecular weight excluding hydrogens is 290 g/mol. The molecule has 0 aliphatic heterocycles. The molecule has 0 bridgehead atoms. The summed E-state index contributed by atoms with van der Waals surface area (Å²) in [6.07, 6.45) is -3.96. The first-order valence-electron chi connectivity index (χ1n) is 5.80. The second kappa shape index (κ2) is 5.55. The number of ether oxygens (including phenoxy) is 1. The molecule has 8 heteroatoms. The monoisotopic (exact) mass is 301 g/mol. The largest absolute Gasteiger partial charge is 0.467 e. The first-order chi connectivity index (χ1) is 9.82. The van der Waals surface area contributed by atoms with Crippen molar-refractivity contribution >= 4 is 11.5 Å². The van der Waals surface area contributed by atoms with E-state index in [2.05, 4.69) is 9.97 Å². The lowest BCUT2D eigenvalue weighted by Crippen LogP contribution is -2.19. The number of nitrogens with zero attached hydrogens (tertiary/aromatic N) is 3. The lowest BCUT2D eigenvalue weighted by Gasteiger charge is -2.22. The van der Waals surface area contributed by atoms with Crippen molar-refractivity contribution in [1.82, 2.24) is 9.97 Å². The Kier molecular flexibility index (Phi) is 3.97. The average Bonchev–Trinajstić information content (AvgIpc) is 2.45. The maximum Gasteiger partial charge on any atom is 0.421 e. The Hall–Kier alpha value is -2.38. The Morgan fingerprint density at radius 2 is 1.76 bits per heavy atom. The van der Waals surface area contributed by atoms with Crippen LogP contribution in [0.4, 0.5) is 29.1 Å². The van der Waals surface area contributed by atoms with Crippen LogP contribution in [-0.4, -0.2) is 24.1 Å². The van der Waals surface area contributed by atoms with E-state index in [0.717, 1.165) is 12.1 Å². The third-order valence-electron chi connectivity index (χ3n) is 2.77. The van der Waals surface area contributed by atoms with E-state index < -0.39 is 17.6 Å². The number of aromatic nitrogens is 2. The molecule has 1 aromatic carbocycles. The topological polar surface area (TPSA) is 38.2 Å². The van der Waals surface area contributed by atoms with Crippen molar-refractivity contribution in [3.8, 4) is 6.01 Å². The summed E-state index contributed by atoms with van der Waals surface area (Å²) in [5.74, 6) is -0.857. The Morgan fingerprint density at radius 1 is 1.14 bits per heavy atom. The van der Waals surface area contributed by atoms with Crippen LogP contribution in [-0.2, 0) is 6.18 Å². The summed E-state index contributed by atoms with van der Waals surface area (Å²) >= 11 is 0. The summed E-state index contributed by atoms with van der Waals surface area (Å²) < 4.78 is 56.7. The molecule has 2 aromatic rings. The summed E-state index contributed by atoms with van der Waals surface area (Å²) in [5.41, 5.74) is -0.655. The van der Waals surface area contributed by atoms with Gasteiger partial charge in [0.1, 0.15) is 11.4 Å². The van der Waals surface area contributed by atoms with Crippen LogP contribution in [0.25, 0.3) is 0 Å². The summed E-state index contributed by atoms with van der Waals surface area (Å²) in [6, 6.07) is 4.82. The molecule has 0 spiro atoms. The number of halogens is 4. The van der Waals surface area contributed by atoms with Gasteiger partial charge < -0.3 is 9.64 Å². The van der Waals surface area contributed by atoms with Gasteiger partial charge in [0.2, 0.25) is 0 Å². The van der Waals surface area contributed by atoms with Gasteiger partial charge in [-0.1, -0.05) is 0 Å². The minimum absolute atomic E-state index is 0.188. The maximum atomic E-state index is 13.0. The molecule has 1 aromatic heterocycles. The molecule has 0 amide bonds. The van der Waals surface area contributed by atoms with Crippen LogP contribution in [0, 0.1) is 5.82 Å². The number of alkyl halides is 3. The number of benzene rings is 1. The highest BCUT2D eigenvalue weighted by molar-refractivity contribution is 5.62. The van der Waals surface area contributed by atoms with E-state index in [-0.39, 0.29) is 11.8 Å². The Balaban J connectivity index is 2.52. The number of hydrogen-bond donors (Lipinski definition) is 0. The highest BCUT2D eigenvalue weighted by Gasteiger charge is 2.36. The van der Waals surface area contributed by atoms with Gasteiger partial charge in [-0.3, -0.25) is 0 Å². The first kappa shape index (κ1) is 15.0. The van der Waals surface area contributed by atoms with Crippen LogP contribution in [0.1, 0.15) is 5.56 Å². The minimum Gasteiger partial charge on any atom is -0.467 e. The number of hydrogen-bond acceptors (Lipinski definition) is 4. The van der Waals surface area contributed by atoms with Gasteiger partial charge in [0.25, 0.3) is 0 Å². The van der Waals surface area contributed by atoms with E-state index in [4.69, 9.17) is 4.74 Å². The molecule has 0 unspecified atom stereocenters. The van der Waals surface area contributed by atoms with Crippen molar-refractivity contribution in [3.05, 3.63) is 41.8 Å². The van der Waals surface area contributed by atoms with Gasteiger partial charge in [0, 0.05) is 18.9 Å². The van der Waals surface area contributed by atoms with Gasteiger partial charge in [-0.25, -0.2) is 9.37 Å². The third-order valence-corrected chi connectivity index (χ3v) is 2.77. The van der Waals surface area contributed by atoms with Crippen molar-refractivity contribution in [2.45, 2.75) is 6.18 Å². The molecule has 112 valence electrons. The van der Waals surface area contributed by atoms with Crippen molar-refractivity contribution in [3.63, 3.8) is 0 Å². The fourth-order valence-corrected chi connectivity index (χ4v) is 1.70. The fourth-order valence-electron chi connectivity index (χ4n) is 1.70. The van der Waals surface area contributed by atoms with Gasteiger partial charge in [-0.05, 0) is 24.3 Å². The zero-order chi connectivity index (χ0) is 15.6. The predicted molar refractivity (Wildman–Crippen MR) is 68.0 cm³/mol. The van der Waals surface area contributed by atoms with E-state index in [1.54, 1.807) is 0 Å². The molecule has 0 saturated heterocycles. The summed E-state index contributed by atoms with van der Waals surface area (Å²) in [6.45, 7) is 0. The van der Waals surface area contributed by atoms with Crippen molar-refractivity contribution in [1.29, 1.82) is 0 Å². The summed E-state index contributed by atoms with van der Waals surface area (Å²) in [5, 5.41) is 0. The average molecular weight is 301 g/mol. The van der Waals surface area contributed by atoms with Gasteiger partial charge in [0.05, 0.1) is 7.11 Å². The molecule has 0 aliphatic carbocycles. The third kappa shape index (κ3) is 3.21. The van der Waals surface area contributed by atoms with Gasteiger partial charge in [-0.15, -0.1) is 0 Å². The predicted octanol–water partition coefficient (Wildman–Crippen LogP) is 3.41. The van der Waals surface area contributed by atoms with Gasteiger partial charge in [0.15, 0.2) is 5.82 Å². The second-order valence-corrected chi connectivity index (χ2v) is 4.13. The molecule has 0 radical (unpaired) electrons. The van der Waals surface area contributed by atoms with Crippen molar-refractivity contribution in [2.75, 3.05) is 19.1 Å². The van der Waals surface area contributed by atoms with Crippen molar-refractivity contribution < 1.29 is 22.3 Å². The van der Waals surface area contributed by atoms with Crippen LogP contribution in [0.3, 0.4) is 0 Å². The van der Waals surface area contributed by atoms with E-state index in [0.29, 0.717) is 11.9 Å². The van der Waals surface area contributed by atoms with E-state index in [1.165, 1.54) is 31.2 Å². The van der Waals surface area contributed by atoms with Crippen molar-refractivity contribution in [2.24, 2.45) is 0 Å². The van der Waals surface area contributed by atoms with Crippen LogP contribution in [0.2, 0.25) is 0 Å². The molecule has 0 N–H and O–H groups in total. The van der Waals surface area contributed by atoms with E-state index in [1.807, 2.05) is 0 Å². The number of rotatable bonds is 3. The molecule has 2 rings (SSSR count). The number of methoxy groups -OCH3 is 1. The molecule has 0 fully saturated rings. The SMILES string of the molecule is COc1ncc(C(F)(F)F)c(N(C)c2ccc(F)cc2)n1. The standard InChI is InChI=1S/C13H11F4N3O/c1-20(9-5-3-8(14)4-6-9)11-10(13(15,16)17)7-18-12(19-11)21-2/h3-7H,1-2H3. The molecule has 21 heavy (non-hydrogen) atoms. The quantitative estimate of drug-likeness (QED) is 0.814. The molecule has 1 heterocycles. The zero-order valence-electron chi connectivity index (χ0n) is 11.1. The zero-order valence-corrected chi connectivity index (χ0v) is 11.1. The lowest BCUT2D eigenvalue weighted by atomic mass is 10.2. The molecular formula is C13H11F4N3O. The normalized spacial score (nSPS) is 11.3. The summed E-state index contributed by atoms with van der Waals surface area (Å²) in [7, 11) is 2.65. The fraction of sp³-hybridized carbons (Fsp3) is 0.231. The lowest BCUT2D eigenvalue weighted by molar-refractivity contribution is -0.137. The van der Waals surface area contributed by atoms with Crippen LogP contribution < -0.4 is 9.64 Å². The van der Waals surface area contributed by atoms with Gasteiger partial charge >= 0.3 is 12.2 Å².